The van der Waals surface area contributed by atoms with E-state index in [9.17, 15) is 4.39 Å². The van der Waals surface area contributed by atoms with E-state index in [-0.39, 0.29) is 11.9 Å². The number of rotatable bonds is 3. The van der Waals surface area contributed by atoms with Gasteiger partial charge in [0.1, 0.15) is 5.82 Å². The molecule has 0 heterocycles. The summed E-state index contributed by atoms with van der Waals surface area (Å²) in [6.07, 6.45) is 0. The van der Waals surface area contributed by atoms with E-state index < -0.39 is 0 Å². The molecular weight excluding hydrogens is 317 g/mol. The van der Waals surface area contributed by atoms with Gasteiger partial charge in [0.25, 0.3) is 0 Å². The Morgan fingerprint density at radius 3 is 2.20 bits per heavy atom. The van der Waals surface area contributed by atoms with Crippen molar-refractivity contribution in [2.24, 2.45) is 0 Å². The smallest absolute Gasteiger partial charge is 0.128 e. The van der Waals surface area contributed by atoms with E-state index in [1.807, 2.05) is 13.1 Å². The summed E-state index contributed by atoms with van der Waals surface area (Å²) in [7, 11) is 1.86. The van der Waals surface area contributed by atoms with Crippen LogP contribution in [0.5, 0.6) is 0 Å². The van der Waals surface area contributed by atoms with Crippen molar-refractivity contribution in [3.05, 3.63) is 68.4 Å². The molecule has 0 fully saturated rings. The lowest BCUT2D eigenvalue weighted by molar-refractivity contribution is 0.573. The van der Waals surface area contributed by atoms with Crippen LogP contribution in [-0.2, 0) is 0 Å². The Labute approximate surface area is 128 Å². The van der Waals surface area contributed by atoms with Gasteiger partial charge >= 0.3 is 0 Å². The minimum absolute atomic E-state index is 0.145. The van der Waals surface area contributed by atoms with Crippen molar-refractivity contribution in [3.8, 4) is 0 Å². The quantitative estimate of drug-likeness (QED) is 0.847. The minimum atomic E-state index is -0.188. The first-order chi connectivity index (χ1) is 9.43. The normalized spacial score (nSPS) is 12.5. The van der Waals surface area contributed by atoms with Gasteiger partial charge in [-0.15, -0.1) is 0 Å². The molecule has 106 valence electrons. The standard InChI is InChI=1S/C17H19BrFN/c1-10-7-11(2)16(12(3)8-10)17(20-4)14-9-13(18)5-6-15(14)19/h5-9,17,20H,1-4H3. The van der Waals surface area contributed by atoms with Crippen LogP contribution in [0.15, 0.2) is 34.8 Å². The molecular formula is C17H19BrFN. The van der Waals surface area contributed by atoms with E-state index in [0.717, 1.165) is 10.0 Å². The third-order valence-electron chi connectivity index (χ3n) is 3.58. The fourth-order valence-corrected chi connectivity index (χ4v) is 3.22. The highest BCUT2D eigenvalue weighted by Gasteiger charge is 2.20. The molecule has 0 aliphatic heterocycles. The van der Waals surface area contributed by atoms with Crippen molar-refractivity contribution in [2.45, 2.75) is 26.8 Å². The largest absolute Gasteiger partial charge is 0.309 e. The molecule has 0 aliphatic rings. The summed E-state index contributed by atoms with van der Waals surface area (Å²) in [5.74, 6) is -0.188. The van der Waals surface area contributed by atoms with Crippen LogP contribution in [0.4, 0.5) is 4.39 Å². The summed E-state index contributed by atoms with van der Waals surface area (Å²) in [4.78, 5) is 0. The lowest BCUT2D eigenvalue weighted by Crippen LogP contribution is -2.21. The summed E-state index contributed by atoms with van der Waals surface area (Å²) >= 11 is 3.42. The van der Waals surface area contributed by atoms with Crippen molar-refractivity contribution in [1.29, 1.82) is 0 Å². The number of benzene rings is 2. The van der Waals surface area contributed by atoms with E-state index in [1.165, 1.54) is 22.8 Å². The second-order valence-electron chi connectivity index (χ2n) is 5.20. The predicted octanol–water partition coefficient (Wildman–Crippen LogP) is 4.82. The summed E-state index contributed by atoms with van der Waals surface area (Å²) in [6.45, 7) is 6.24. The Balaban J connectivity index is 2.61. The Hall–Kier alpha value is -1.19. The first kappa shape index (κ1) is 15.2. The molecule has 0 spiro atoms. The van der Waals surface area contributed by atoms with Gasteiger partial charge in [0.15, 0.2) is 0 Å². The van der Waals surface area contributed by atoms with Crippen molar-refractivity contribution in [3.63, 3.8) is 0 Å². The van der Waals surface area contributed by atoms with Crippen molar-refractivity contribution in [1.82, 2.24) is 5.32 Å². The first-order valence-electron chi connectivity index (χ1n) is 6.64. The van der Waals surface area contributed by atoms with Crippen LogP contribution in [0, 0.1) is 26.6 Å². The molecule has 0 bridgehead atoms. The zero-order chi connectivity index (χ0) is 14.9. The van der Waals surface area contributed by atoms with Crippen molar-refractivity contribution in [2.75, 3.05) is 7.05 Å². The molecule has 2 rings (SSSR count). The number of halogens is 2. The summed E-state index contributed by atoms with van der Waals surface area (Å²) in [5.41, 5.74) is 5.41. The minimum Gasteiger partial charge on any atom is -0.309 e. The van der Waals surface area contributed by atoms with Gasteiger partial charge in [-0.25, -0.2) is 4.39 Å². The number of aryl methyl sites for hydroxylation is 3. The Kier molecular flexibility index (Phi) is 4.61. The van der Waals surface area contributed by atoms with E-state index in [2.05, 4.69) is 54.2 Å². The maximum atomic E-state index is 14.2. The predicted molar refractivity (Wildman–Crippen MR) is 85.7 cm³/mol. The molecule has 0 saturated carbocycles. The molecule has 20 heavy (non-hydrogen) atoms. The van der Waals surface area contributed by atoms with Crippen LogP contribution < -0.4 is 5.32 Å². The molecule has 0 aromatic heterocycles. The van der Waals surface area contributed by atoms with Crippen LogP contribution in [-0.4, -0.2) is 7.05 Å². The van der Waals surface area contributed by atoms with Crippen LogP contribution in [0.25, 0.3) is 0 Å². The molecule has 0 amide bonds. The third-order valence-corrected chi connectivity index (χ3v) is 4.08. The highest BCUT2D eigenvalue weighted by atomic mass is 79.9. The molecule has 2 aromatic rings. The zero-order valence-electron chi connectivity index (χ0n) is 12.2. The highest BCUT2D eigenvalue weighted by Crippen LogP contribution is 2.31. The topological polar surface area (TPSA) is 12.0 Å². The Morgan fingerprint density at radius 2 is 1.65 bits per heavy atom. The molecule has 1 N–H and O–H groups in total. The Bertz CT molecular complexity index is 614. The van der Waals surface area contributed by atoms with Crippen LogP contribution in [0.1, 0.15) is 33.9 Å². The van der Waals surface area contributed by atoms with Gasteiger partial charge in [0.05, 0.1) is 6.04 Å². The van der Waals surface area contributed by atoms with Gasteiger partial charge in [-0.3, -0.25) is 0 Å². The fraction of sp³-hybridized carbons (Fsp3) is 0.294. The van der Waals surface area contributed by atoms with Crippen LogP contribution >= 0.6 is 15.9 Å². The van der Waals surface area contributed by atoms with Crippen LogP contribution in [0.3, 0.4) is 0 Å². The van der Waals surface area contributed by atoms with Gasteiger partial charge in [0, 0.05) is 10.0 Å². The first-order valence-corrected chi connectivity index (χ1v) is 7.43. The fourth-order valence-electron chi connectivity index (χ4n) is 2.84. The summed E-state index contributed by atoms with van der Waals surface area (Å²) < 4.78 is 15.1. The SMILES string of the molecule is CNC(c1cc(Br)ccc1F)c1c(C)cc(C)cc1C. The third kappa shape index (κ3) is 2.94. The molecule has 1 unspecified atom stereocenters. The van der Waals surface area contributed by atoms with E-state index in [0.29, 0.717) is 5.56 Å². The lowest BCUT2D eigenvalue weighted by atomic mass is 9.90. The molecule has 3 heteroatoms. The van der Waals surface area contributed by atoms with Crippen LogP contribution in [0.2, 0.25) is 0 Å². The molecule has 0 radical (unpaired) electrons. The van der Waals surface area contributed by atoms with E-state index >= 15 is 0 Å². The lowest BCUT2D eigenvalue weighted by Gasteiger charge is -2.23. The maximum Gasteiger partial charge on any atom is 0.128 e. The van der Waals surface area contributed by atoms with E-state index in [4.69, 9.17) is 0 Å². The second kappa shape index (κ2) is 6.06. The maximum absolute atomic E-state index is 14.2. The van der Waals surface area contributed by atoms with Gasteiger partial charge in [-0.2, -0.15) is 0 Å². The number of nitrogens with one attached hydrogen (secondary N) is 1. The molecule has 0 aliphatic carbocycles. The highest BCUT2D eigenvalue weighted by molar-refractivity contribution is 9.10. The Morgan fingerprint density at radius 1 is 1.05 bits per heavy atom. The van der Waals surface area contributed by atoms with Gasteiger partial charge in [0.2, 0.25) is 0 Å². The van der Waals surface area contributed by atoms with Crippen molar-refractivity contribution >= 4 is 15.9 Å². The zero-order valence-corrected chi connectivity index (χ0v) is 13.8. The van der Waals surface area contributed by atoms with Crippen molar-refractivity contribution < 1.29 is 4.39 Å². The molecule has 2 aromatic carbocycles. The van der Waals surface area contributed by atoms with Gasteiger partial charge < -0.3 is 5.32 Å². The van der Waals surface area contributed by atoms with Gasteiger partial charge in [-0.05, 0) is 62.7 Å². The number of hydrogen-bond acceptors (Lipinski definition) is 1. The monoisotopic (exact) mass is 335 g/mol. The molecule has 0 saturated heterocycles. The number of hydrogen-bond donors (Lipinski definition) is 1. The van der Waals surface area contributed by atoms with Gasteiger partial charge in [-0.1, -0.05) is 33.6 Å². The summed E-state index contributed by atoms with van der Waals surface area (Å²) in [6, 6.07) is 9.21. The average molecular weight is 336 g/mol. The molecule has 1 atom stereocenters. The second-order valence-corrected chi connectivity index (χ2v) is 6.12. The summed E-state index contributed by atoms with van der Waals surface area (Å²) in [5, 5.41) is 3.24. The average Bonchev–Trinajstić information content (AvgIpc) is 2.37. The van der Waals surface area contributed by atoms with E-state index in [1.54, 1.807) is 6.07 Å². The molecule has 1 nitrogen and oxygen atoms in total.